The molecule has 7 heteroatoms. The predicted molar refractivity (Wildman–Crippen MR) is 107 cm³/mol. The molecule has 0 radical (unpaired) electrons. The molecule has 2 aliphatic heterocycles. The van der Waals surface area contributed by atoms with Gasteiger partial charge in [0.25, 0.3) is 0 Å². The highest BCUT2D eigenvalue weighted by Crippen LogP contribution is 2.28. The highest BCUT2D eigenvalue weighted by molar-refractivity contribution is 5.89. The molecule has 2 fully saturated rings. The van der Waals surface area contributed by atoms with Gasteiger partial charge in [-0.2, -0.15) is 0 Å². The van der Waals surface area contributed by atoms with E-state index in [2.05, 4.69) is 17.3 Å². The number of nitrogens with one attached hydrogen (secondary N) is 1. The lowest BCUT2D eigenvalue weighted by atomic mass is 10.0. The van der Waals surface area contributed by atoms with Crippen LogP contribution in [0.4, 0.5) is 0 Å². The van der Waals surface area contributed by atoms with E-state index in [1.165, 1.54) is 0 Å². The van der Waals surface area contributed by atoms with Gasteiger partial charge in [-0.05, 0) is 57.1 Å². The van der Waals surface area contributed by atoms with E-state index in [9.17, 15) is 9.59 Å². The number of methoxy groups -OCH3 is 2. The molecule has 1 atom stereocenters. The highest BCUT2D eigenvalue weighted by Gasteiger charge is 2.35. The molecule has 0 spiro atoms. The second-order valence-electron chi connectivity index (χ2n) is 7.77. The summed E-state index contributed by atoms with van der Waals surface area (Å²) in [6.45, 7) is 3.12. The fraction of sp³-hybridized carbons (Fsp3) is 0.619. The van der Waals surface area contributed by atoms with Gasteiger partial charge < -0.3 is 24.6 Å². The van der Waals surface area contributed by atoms with Crippen LogP contribution in [0.5, 0.6) is 11.5 Å². The molecule has 0 saturated carbocycles. The number of rotatable bonds is 7. The summed E-state index contributed by atoms with van der Waals surface area (Å²) >= 11 is 0. The van der Waals surface area contributed by atoms with Crippen molar-refractivity contribution in [1.82, 2.24) is 15.1 Å². The van der Waals surface area contributed by atoms with E-state index in [0.717, 1.165) is 37.9 Å². The molecule has 3 rings (SSSR count). The number of amides is 2. The molecule has 2 amide bonds. The Bertz CT molecular complexity index is 701. The molecule has 2 saturated heterocycles. The molecule has 7 nitrogen and oxygen atoms in total. The van der Waals surface area contributed by atoms with Crippen LogP contribution in [-0.2, 0) is 16.0 Å². The van der Waals surface area contributed by atoms with E-state index < -0.39 is 0 Å². The lowest BCUT2D eigenvalue weighted by Crippen LogP contribution is -2.45. The van der Waals surface area contributed by atoms with Gasteiger partial charge in [0.15, 0.2) is 11.5 Å². The van der Waals surface area contributed by atoms with Crippen molar-refractivity contribution in [2.24, 2.45) is 5.92 Å². The van der Waals surface area contributed by atoms with E-state index in [1.807, 2.05) is 18.2 Å². The predicted octanol–water partition coefficient (Wildman–Crippen LogP) is 1.31. The molecule has 2 aliphatic rings. The van der Waals surface area contributed by atoms with Crippen LogP contribution < -0.4 is 14.8 Å². The first-order valence-corrected chi connectivity index (χ1v) is 9.97. The Hall–Kier alpha value is -2.28. The normalized spacial score (nSPS) is 21.0. The van der Waals surface area contributed by atoms with E-state index in [0.29, 0.717) is 31.0 Å². The van der Waals surface area contributed by atoms with Crippen LogP contribution in [0.25, 0.3) is 0 Å². The summed E-state index contributed by atoms with van der Waals surface area (Å²) in [5, 5.41) is 3.15. The van der Waals surface area contributed by atoms with Gasteiger partial charge in [-0.15, -0.1) is 0 Å². The quantitative estimate of drug-likeness (QED) is 0.761. The van der Waals surface area contributed by atoms with Crippen molar-refractivity contribution in [3.63, 3.8) is 0 Å². The number of piperidine rings is 1. The smallest absolute Gasteiger partial charge is 0.225 e. The Morgan fingerprint density at radius 3 is 2.57 bits per heavy atom. The van der Waals surface area contributed by atoms with Crippen molar-refractivity contribution in [2.45, 2.75) is 31.7 Å². The Balaban J connectivity index is 1.50. The summed E-state index contributed by atoms with van der Waals surface area (Å²) in [6.07, 6.45) is 2.98. The maximum Gasteiger partial charge on any atom is 0.225 e. The second-order valence-corrected chi connectivity index (χ2v) is 7.77. The van der Waals surface area contributed by atoms with Crippen molar-refractivity contribution < 1.29 is 19.1 Å². The van der Waals surface area contributed by atoms with E-state index >= 15 is 0 Å². The first-order valence-electron chi connectivity index (χ1n) is 9.97. The molecule has 28 heavy (non-hydrogen) atoms. The Labute approximate surface area is 167 Å². The molecule has 0 aromatic heterocycles. The minimum Gasteiger partial charge on any atom is -0.493 e. The SMILES string of the molecule is COc1ccc(CCN2CC(C(=O)NC3CCN(C)CC3)CC2=O)cc1OC. The number of benzene rings is 1. The van der Waals surface area contributed by atoms with Crippen LogP contribution >= 0.6 is 0 Å². The Kier molecular flexibility index (Phi) is 6.78. The van der Waals surface area contributed by atoms with Crippen LogP contribution in [0, 0.1) is 5.92 Å². The summed E-state index contributed by atoms with van der Waals surface area (Å²) in [5.74, 6) is 1.22. The van der Waals surface area contributed by atoms with Gasteiger partial charge in [-0.1, -0.05) is 6.07 Å². The topological polar surface area (TPSA) is 71.1 Å². The molecule has 2 heterocycles. The van der Waals surface area contributed by atoms with Crippen LogP contribution in [0.1, 0.15) is 24.8 Å². The second kappa shape index (κ2) is 9.28. The van der Waals surface area contributed by atoms with Crippen LogP contribution in [0.3, 0.4) is 0 Å². The van der Waals surface area contributed by atoms with Gasteiger partial charge in [-0.25, -0.2) is 0 Å². The fourth-order valence-electron chi connectivity index (χ4n) is 3.94. The molecule has 1 unspecified atom stereocenters. The Morgan fingerprint density at radius 1 is 1.18 bits per heavy atom. The van der Waals surface area contributed by atoms with Crippen molar-refractivity contribution in [1.29, 1.82) is 0 Å². The van der Waals surface area contributed by atoms with Crippen molar-refractivity contribution in [3.8, 4) is 11.5 Å². The summed E-state index contributed by atoms with van der Waals surface area (Å²) < 4.78 is 10.6. The molecule has 1 aromatic carbocycles. The van der Waals surface area contributed by atoms with Crippen molar-refractivity contribution in [3.05, 3.63) is 23.8 Å². The maximum atomic E-state index is 12.6. The van der Waals surface area contributed by atoms with Gasteiger partial charge in [0.2, 0.25) is 11.8 Å². The zero-order valence-electron chi connectivity index (χ0n) is 17.1. The van der Waals surface area contributed by atoms with Gasteiger partial charge in [0.05, 0.1) is 20.1 Å². The fourth-order valence-corrected chi connectivity index (χ4v) is 3.94. The van der Waals surface area contributed by atoms with Gasteiger partial charge in [0.1, 0.15) is 0 Å². The van der Waals surface area contributed by atoms with Crippen molar-refractivity contribution >= 4 is 11.8 Å². The third kappa shape index (κ3) is 4.95. The number of hydrogen-bond acceptors (Lipinski definition) is 5. The lowest BCUT2D eigenvalue weighted by molar-refractivity contribution is -0.129. The van der Waals surface area contributed by atoms with Gasteiger partial charge in [0, 0.05) is 25.6 Å². The number of carbonyl (C=O) groups excluding carboxylic acids is 2. The highest BCUT2D eigenvalue weighted by atomic mass is 16.5. The molecular formula is C21H31N3O4. The van der Waals surface area contributed by atoms with E-state index in [4.69, 9.17) is 9.47 Å². The Morgan fingerprint density at radius 2 is 1.89 bits per heavy atom. The maximum absolute atomic E-state index is 12.6. The number of likely N-dealkylation sites (tertiary alicyclic amines) is 2. The standard InChI is InChI=1S/C21H31N3O4/c1-23-9-7-17(8-10-23)22-21(26)16-13-20(25)24(14-16)11-6-15-4-5-18(27-2)19(12-15)28-3/h4-5,12,16-17H,6-11,13-14H2,1-3H3,(H,22,26). The first kappa shape index (κ1) is 20.5. The van der Waals surface area contributed by atoms with E-state index in [-0.39, 0.29) is 23.8 Å². The zero-order valence-corrected chi connectivity index (χ0v) is 17.1. The summed E-state index contributed by atoms with van der Waals surface area (Å²) in [5.41, 5.74) is 1.07. The van der Waals surface area contributed by atoms with Crippen LogP contribution in [-0.4, -0.2) is 75.1 Å². The molecule has 0 aliphatic carbocycles. The largest absolute Gasteiger partial charge is 0.493 e. The molecule has 1 N–H and O–H groups in total. The summed E-state index contributed by atoms with van der Waals surface area (Å²) in [6, 6.07) is 6.02. The average molecular weight is 389 g/mol. The summed E-state index contributed by atoms with van der Waals surface area (Å²) in [4.78, 5) is 29.0. The third-order valence-corrected chi connectivity index (χ3v) is 5.77. The number of hydrogen-bond donors (Lipinski definition) is 1. The first-order chi connectivity index (χ1) is 13.5. The van der Waals surface area contributed by atoms with Gasteiger partial charge in [-0.3, -0.25) is 9.59 Å². The van der Waals surface area contributed by atoms with Gasteiger partial charge >= 0.3 is 0 Å². The lowest BCUT2D eigenvalue weighted by Gasteiger charge is -2.30. The number of carbonyl (C=O) groups is 2. The molecule has 0 bridgehead atoms. The zero-order chi connectivity index (χ0) is 20.1. The minimum atomic E-state index is -0.238. The van der Waals surface area contributed by atoms with Crippen LogP contribution in [0.15, 0.2) is 18.2 Å². The molecule has 154 valence electrons. The van der Waals surface area contributed by atoms with Crippen LogP contribution in [0.2, 0.25) is 0 Å². The van der Waals surface area contributed by atoms with Crippen molar-refractivity contribution in [2.75, 3.05) is 47.4 Å². The molecular weight excluding hydrogens is 358 g/mol. The summed E-state index contributed by atoms with van der Waals surface area (Å²) in [7, 11) is 5.32. The average Bonchev–Trinajstić information content (AvgIpc) is 3.08. The monoisotopic (exact) mass is 389 g/mol. The van der Waals surface area contributed by atoms with E-state index in [1.54, 1.807) is 19.1 Å². The number of nitrogens with zero attached hydrogens (tertiary/aromatic N) is 2. The third-order valence-electron chi connectivity index (χ3n) is 5.77. The number of ether oxygens (including phenoxy) is 2. The minimum absolute atomic E-state index is 0.0246. The molecule has 1 aromatic rings.